The molecule has 2 N–H and O–H groups in total. The fourth-order valence-electron chi connectivity index (χ4n) is 8.95. The molecule has 0 aliphatic heterocycles. The molecule has 0 amide bonds. The third-order valence-corrected chi connectivity index (χ3v) is 14.0. The van der Waals surface area contributed by atoms with Crippen molar-refractivity contribution in [3.8, 4) is 11.5 Å². The summed E-state index contributed by atoms with van der Waals surface area (Å²) < 4.78 is 53.6. The van der Waals surface area contributed by atoms with Gasteiger partial charge in [0.2, 0.25) is 5.95 Å². The van der Waals surface area contributed by atoms with E-state index in [2.05, 4.69) is 15.3 Å². The standard InChI is InChI=1S/C57H53N5O7S/c1-41-24-34-51(35-25-41)70(64,65)69-39-42(38-68-57(46-20-12-6-13-21-46,47-22-14-7-15-23-47)48-28-32-50(67-3)33-29-48)36-37-62-40-58-52-53(62)59-55(60-54(52)63)61-56(43-16-8-4-9-17-43,44-18-10-5-11-19-44)45-26-30-49(66-2)31-27-45/h4-35,40,42H,36-39H2,1-3H3,(H2,59,60,61,63)/t42-/m0/s1. The van der Waals surface area contributed by atoms with Crippen molar-refractivity contribution in [2.75, 3.05) is 32.8 Å². The van der Waals surface area contributed by atoms with E-state index in [4.69, 9.17) is 23.4 Å². The van der Waals surface area contributed by atoms with E-state index in [1.807, 2.05) is 181 Å². The maximum atomic E-state index is 14.0. The fourth-order valence-corrected chi connectivity index (χ4v) is 9.92. The maximum absolute atomic E-state index is 14.0. The van der Waals surface area contributed by atoms with Crippen molar-refractivity contribution >= 4 is 27.2 Å². The van der Waals surface area contributed by atoms with Gasteiger partial charge in [-0.05, 0) is 83.1 Å². The van der Waals surface area contributed by atoms with Crippen molar-refractivity contribution in [3.63, 3.8) is 0 Å². The van der Waals surface area contributed by atoms with E-state index < -0.39 is 32.7 Å². The largest absolute Gasteiger partial charge is 0.497 e. The molecule has 0 aliphatic rings. The Bertz CT molecular complexity index is 3220. The third kappa shape index (κ3) is 9.72. The van der Waals surface area contributed by atoms with Crippen LogP contribution < -0.4 is 20.3 Å². The molecule has 2 aromatic heterocycles. The predicted octanol–water partition coefficient (Wildman–Crippen LogP) is 10.3. The van der Waals surface area contributed by atoms with Crippen molar-refractivity contribution in [2.24, 2.45) is 5.92 Å². The third-order valence-electron chi connectivity index (χ3n) is 12.7. The highest BCUT2D eigenvalue weighted by Gasteiger charge is 2.40. The zero-order valence-electron chi connectivity index (χ0n) is 39.1. The summed E-state index contributed by atoms with van der Waals surface area (Å²) in [5, 5.41) is 3.68. The van der Waals surface area contributed by atoms with Crippen molar-refractivity contribution in [3.05, 3.63) is 250 Å². The van der Waals surface area contributed by atoms with E-state index in [1.54, 1.807) is 44.8 Å². The summed E-state index contributed by atoms with van der Waals surface area (Å²) in [6.07, 6.45) is 1.93. The van der Waals surface area contributed by atoms with Crippen LogP contribution in [-0.2, 0) is 36.7 Å². The number of aryl methyl sites for hydroxylation is 2. The van der Waals surface area contributed by atoms with E-state index >= 15 is 0 Å². The lowest BCUT2D eigenvalue weighted by Crippen LogP contribution is -2.39. The Morgan fingerprint density at radius 1 is 0.614 bits per heavy atom. The highest BCUT2D eigenvalue weighted by Crippen LogP contribution is 2.43. The van der Waals surface area contributed by atoms with E-state index in [0.29, 0.717) is 23.6 Å². The second-order valence-corrected chi connectivity index (χ2v) is 18.6. The molecule has 7 aromatic carbocycles. The number of hydrogen-bond acceptors (Lipinski definition) is 10. The van der Waals surface area contributed by atoms with E-state index in [1.165, 1.54) is 0 Å². The molecule has 0 unspecified atom stereocenters. The van der Waals surface area contributed by atoms with Crippen LogP contribution in [0.25, 0.3) is 11.2 Å². The molecule has 0 bridgehead atoms. The summed E-state index contributed by atoms with van der Waals surface area (Å²) in [7, 11) is -0.907. The Hall–Kier alpha value is -7.84. The second kappa shape index (κ2) is 20.8. The van der Waals surface area contributed by atoms with Gasteiger partial charge in [0.25, 0.3) is 15.7 Å². The number of aromatic amines is 1. The summed E-state index contributed by atoms with van der Waals surface area (Å²) in [4.78, 5) is 26.6. The molecule has 0 fully saturated rings. The highest BCUT2D eigenvalue weighted by atomic mass is 32.2. The van der Waals surface area contributed by atoms with E-state index in [9.17, 15) is 13.2 Å². The number of methoxy groups -OCH3 is 2. The summed E-state index contributed by atoms with van der Waals surface area (Å²) in [6, 6.07) is 62.0. The van der Waals surface area contributed by atoms with Gasteiger partial charge in [-0.2, -0.15) is 13.4 Å². The van der Waals surface area contributed by atoms with Crippen LogP contribution >= 0.6 is 0 Å². The number of hydrogen-bond donors (Lipinski definition) is 2. The van der Waals surface area contributed by atoms with Gasteiger partial charge in [-0.3, -0.25) is 14.0 Å². The van der Waals surface area contributed by atoms with Crippen molar-refractivity contribution < 1.29 is 26.8 Å². The molecule has 13 heteroatoms. The molecule has 0 spiro atoms. The first kappa shape index (κ1) is 47.2. The molecule has 354 valence electrons. The minimum Gasteiger partial charge on any atom is -0.497 e. The number of nitrogens with zero attached hydrogens (tertiary/aromatic N) is 3. The second-order valence-electron chi connectivity index (χ2n) is 17.0. The number of ether oxygens (including phenoxy) is 3. The van der Waals surface area contributed by atoms with Gasteiger partial charge < -0.3 is 24.1 Å². The number of nitrogens with one attached hydrogen (secondary N) is 2. The van der Waals surface area contributed by atoms with Crippen LogP contribution in [0.5, 0.6) is 11.5 Å². The number of aromatic nitrogens is 4. The lowest BCUT2D eigenvalue weighted by molar-refractivity contribution is -0.0182. The van der Waals surface area contributed by atoms with Gasteiger partial charge in [0.05, 0.1) is 38.7 Å². The van der Waals surface area contributed by atoms with Crippen LogP contribution in [0.4, 0.5) is 5.95 Å². The number of imidazole rings is 1. The van der Waals surface area contributed by atoms with Gasteiger partial charge in [0.1, 0.15) is 22.6 Å². The lowest BCUT2D eigenvalue weighted by Gasteiger charge is -2.37. The topological polar surface area (TPSA) is 147 Å². The highest BCUT2D eigenvalue weighted by molar-refractivity contribution is 7.86. The Morgan fingerprint density at radius 3 is 1.60 bits per heavy atom. The first-order chi connectivity index (χ1) is 34.1. The van der Waals surface area contributed by atoms with Gasteiger partial charge in [-0.25, -0.2) is 4.98 Å². The Morgan fingerprint density at radius 2 is 1.09 bits per heavy atom. The molecule has 0 saturated carbocycles. The molecule has 9 rings (SSSR count). The van der Waals surface area contributed by atoms with Crippen LogP contribution in [0.15, 0.2) is 210 Å². The SMILES string of the molecule is COc1ccc(C(Nc2nc3c(ncn3CC[C@@H](COC(c3ccccc3)(c3ccccc3)c3ccc(OC)cc3)COS(=O)(=O)c3ccc(C)cc3)c(=O)[nH]2)(c2ccccc2)c2ccccc2)cc1. The maximum Gasteiger partial charge on any atom is 0.296 e. The quantitative estimate of drug-likeness (QED) is 0.0559. The van der Waals surface area contributed by atoms with Crippen LogP contribution in [0.3, 0.4) is 0 Å². The zero-order chi connectivity index (χ0) is 48.6. The van der Waals surface area contributed by atoms with Gasteiger partial charge in [0.15, 0.2) is 11.2 Å². The molecule has 0 radical (unpaired) electrons. The van der Waals surface area contributed by atoms with E-state index in [-0.39, 0.29) is 36.1 Å². The molecule has 0 aliphatic carbocycles. The molecular formula is C57H53N5O7S. The first-order valence-corrected chi connectivity index (χ1v) is 24.4. The summed E-state index contributed by atoms with van der Waals surface area (Å²) in [6.45, 7) is 2.03. The van der Waals surface area contributed by atoms with Crippen LogP contribution in [0.1, 0.15) is 45.4 Å². The molecular weight excluding hydrogens is 899 g/mol. The smallest absolute Gasteiger partial charge is 0.296 e. The van der Waals surface area contributed by atoms with Gasteiger partial charge in [-0.15, -0.1) is 0 Å². The minimum absolute atomic E-state index is 0.0553. The first-order valence-electron chi connectivity index (χ1n) is 23.0. The monoisotopic (exact) mass is 951 g/mol. The summed E-state index contributed by atoms with van der Waals surface area (Å²) in [5.74, 6) is 1.09. The molecule has 2 heterocycles. The predicted molar refractivity (Wildman–Crippen MR) is 272 cm³/mol. The molecule has 70 heavy (non-hydrogen) atoms. The van der Waals surface area contributed by atoms with Crippen LogP contribution in [-0.4, -0.2) is 55.4 Å². The summed E-state index contributed by atoms with van der Waals surface area (Å²) in [5.41, 5.74) is 4.10. The number of rotatable bonds is 20. The van der Waals surface area contributed by atoms with Gasteiger partial charge >= 0.3 is 0 Å². The number of H-pyrrole nitrogens is 1. The summed E-state index contributed by atoms with van der Waals surface area (Å²) >= 11 is 0. The molecule has 0 saturated heterocycles. The fraction of sp³-hybridized carbons (Fsp3) is 0.175. The molecule has 9 aromatic rings. The lowest BCUT2D eigenvalue weighted by atomic mass is 9.77. The van der Waals surface area contributed by atoms with Crippen molar-refractivity contribution in [1.82, 2.24) is 19.5 Å². The molecule has 1 atom stereocenters. The normalized spacial score (nSPS) is 12.4. The number of fused-ring (bicyclic) bond motifs is 1. The van der Waals surface area contributed by atoms with Crippen LogP contribution in [0.2, 0.25) is 0 Å². The van der Waals surface area contributed by atoms with E-state index in [0.717, 1.165) is 38.9 Å². The van der Waals surface area contributed by atoms with Crippen molar-refractivity contribution in [2.45, 2.75) is 35.9 Å². The average Bonchev–Trinajstić information content (AvgIpc) is 3.83. The minimum atomic E-state index is -4.16. The van der Waals surface area contributed by atoms with Crippen LogP contribution in [0, 0.1) is 12.8 Å². The Labute approximate surface area is 407 Å². The Kier molecular flexibility index (Phi) is 14.0. The Balaban J connectivity index is 1.09. The molecule has 12 nitrogen and oxygen atoms in total. The van der Waals surface area contributed by atoms with Crippen molar-refractivity contribution in [1.29, 1.82) is 0 Å². The zero-order valence-corrected chi connectivity index (χ0v) is 39.9. The number of benzene rings is 7. The average molecular weight is 952 g/mol. The van der Waals surface area contributed by atoms with Gasteiger partial charge in [0, 0.05) is 12.5 Å². The number of anilines is 1. The van der Waals surface area contributed by atoms with Gasteiger partial charge in [-0.1, -0.05) is 163 Å².